The summed E-state index contributed by atoms with van der Waals surface area (Å²) in [5.74, 6) is 0.599. The highest BCUT2D eigenvalue weighted by Gasteiger charge is 2.20. The number of rotatable bonds is 7. The number of para-hydroxylation sites is 1. The van der Waals surface area contributed by atoms with Gasteiger partial charge < -0.3 is 5.32 Å². The number of hydrogen-bond donors (Lipinski definition) is 1. The van der Waals surface area contributed by atoms with E-state index in [4.69, 9.17) is 0 Å². The average molecular weight is 385 g/mol. The van der Waals surface area contributed by atoms with Crippen molar-refractivity contribution in [1.29, 1.82) is 0 Å². The fraction of sp³-hybridized carbons (Fsp3) is 0.368. The largest absolute Gasteiger partial charge is 0.351 e. The van der Waals surface area contributed by atoms with E-state index in [1.165, 1.54) is 16.3 Å². The number of benzene rings is 1. The van der Waals surface area contributed by atoms with Gasteiger partial charge in [0.2, 0.25) is 11.7 Å². The van der Waals surface area contributed by atoms with Gasteiger partial charge in [0.25, 0.3) is 5.56 Å². The third-order valence-corrected chi connectivity index (χ3v) is 5.41. The van der Waals surface area contributed by atoms with E-state index in [1.54, 1.807) is 12.1 Å². The lowest BCUT2D eigenvalue weighted by molar-refractivity contribution is -0.120. The van der Waals surface area contributed by atoms with E-state index in [2.05, 4.69) is 22.1 Å². The molecule has 0 aliphatic carbocycles. The molecule has 142 valence electrons. The van der Waals surface area contributed by atoms with Gasteiger partial charge in [-0.05, 0) is 32.4 Å². The average Bonchev–Trinajstić information content (AvgIpc) is 3.07. The van der Waals surface area contributed by atoms with Gasteiger partial charge in [-0.3, -0.25) is 18.6 Å². The molecule has 0 spiro atoms. The molecule has 0 saturated carbocycles. The summed E-state index contributed by atoms with van der Waals surface area (Å²) in [6, 6.07) is 7.33. The van der Waals surface area contributed by atoms with Crippen LogP contribution in [0.2, 0.25) is 0 Å². The molecule has 0 fully saturated rings. The van der Waals surface area contributed by atoms with Crippen LogP contribution in [0.25, 0.3) is 16.7 Å². The van der Waals surface area contributed by atoms with Crippen LogP contribution in [-0.2, 0) is 11.3 Å². The Morgan fingerprint density at radius 2 is 2.07 bits per heavy atom. The number of hydrogen-bond acceptors (Lipinski definition) is 5. The number of fused-ring (bicyclic) bond motifs is 3. The van der Waals surface area contributed by atoms with Crippen molar-refractivity contribution in [1.82, 2.24) is 24.5 Å². The predicted octanol–water partition coefficient (Wildman–Crippen LogP) is 2.63. The van der Waals surface area contributed by atoms with Gasteiger partial charge in [-0.25, -0.2) is 0 Å². The Hall–Kier alpha value is -2.61. The molecule has 0 aliphatic rings. The van der Waals surface area contributed by atoms with E-state index in [0.29, 0.717) is 22.9 Å². The smallest absolute Gasteiger partial charge is 0.263 e. The molecule has 8 heteroatoms. The lowest BCUT2D eigenvalue weighted by atomic mass is 10.0. The summed E-state index contributed by atoms with van der Waals surface area (Å²) in [7, 11) is 0. The van der Waals surface area contributed by atoms with Crippen LogP contribution >= 0.6 is 11.8 Å². The highest BCUT2D eigenvalue weighted by molar-refractivity contribution is 7.99. The first-order valence-electron chi connectivity index (χ1n) is 8.79. The topological polar surface area (TPSA) is 81.3 Å². The molecule has 1 aromatic carbocycles. The van der Waals surface area contributed by atoms with Gasteiger partial charge in [0, 0.05) is 12.1 Å². The van der Waals surface area contributed by atoms with Gasteiger partial charge in [0.15, 0.2) is 5.16 Å². The van der Waals surface area contributed by atoms with E-state index in [9.17, 15) is 9.59 Å². The van der Waals surface area contributed by atoms with Crippen molar-refractivity contribution in [3.05, 3.63) is 47.3 Å². The first-order chi connectivity index (χ1) is 12.9. The summed E-state index contributed by atoms with van der Waals surface area (Å²) in [5.41, 5.74) is 0.339. The number of amides is 1. The SMILES string of the molecule is C=CCn1c(=O)c2ccccc2n2c(SCC(=O)NC(C)(C)CC)nnc12. The fourth-order valence-corrected chi connectivity index (χ4v) is 3.49. The van der Waals surface area contributed by atoms with Crippen molar-refractivity contribution in [2.45, 2.75) is 44.4 Å². The molecule has 2 aromatic heterocycles. The van der Waals surface area contributed by atoms with Crippen LogP contribution in [0.5, 0.6) is 0 Å². The van der Waals surface area contributed by atoms with E-state index in [0.717, 1.165) is 11.9 Å². The third kappa shape index (κ3) is 3.75. The van der Waals surface area contributed by atoms with Gasteiger partial charge in [-0.1, -0.05) is 36.9 Å². The van der Waals surface area contributed by atoms with Gasteiger partial charge >= 0.3 is 0 Å². The number of thioether (sulfide) groups is 1. The second-order valence-electron chi connectivity index (χ2n) is 6.91. The lowest BCUT2D eigenvalue weighted by Gasteiger charge is -2.24. The lowest BCUT2D eigenvalue weighted by Crippen LogP contribution is -2.43. The van der Waals surface area contributed by atoms with Crippen molar-refractivity contribution in [2.75, 3.05) is 5.75 Å². The predicted molar refractivity (Wildman–Crippen MR) is 108 cm³/mol. The Morgan fingerprint density at radius 1 is 1.33 bits per heavy atom. The Morgan fingerprint density at radius 3 is 2.78 bits per heavy atom. The van der Waals surface area contributed by atoms with Crippen molar-refractivity contribution in [3.63, 3.8) is 0 Å². The molecule has 0 bridgehead atoms. The van der Waals surface area contributed by atoms with Crippen LogP contribution in [-0.4, -0.2) is 36.4 Å². The fourth-order valence-electron chi connectivity index (χ4n) is 2.75. The zero-order valence-electron chi connectivity index (χ0n) is 15.7. The van der Waals surface area contributed by atoms with E-state index < -0.39 is 0 Å². The number of allylic oxidation sites excluding steroid dienone is 1. The van der Waals surface area contributed by atoms with E-state index >= 15 is 0 Å². The Balaban J connectivity index is 2.02. The summed E-state index contributed by atoms with van der Waals surface area (Å²) in [6.45, 7) is 10.1. The van der Waals surface area contributed by atoms with Crippen LogP contribution in [0.3, 0.4) is 0 Å². The molecule has 3 aromatic rings. The number of carbonyl (C=O) groups is 1. The molecule has 2 heterocycles. The molecule has 1 amide bonds. The van der Waals surface area contributed by atoms with Crippen molar-refractivity contribution >= 4 is 34.3 Å². The normalized spacial score (nSPS) is 11.8. The molecule has 0 radical (unpaired) electrons. The minimum Gasteiger partial charge on any atom is -0.351 e. The maximum atomic E-state index is 12.8. The summed E-state index contributed by atoms with van der Waals surface area (Å²) in [6.07, 6.45) is 2.49. The minimum atomic E-state index is -0.248. The highest BCUT2D eigenvalue weighted by atomic mass is 32.2. The number of nitrogens with one attached hydrogen (secondary N) is 1. The van der Waals surface area contributed by atoms with Crippen LogP contribution in [0.15, 0.2) is 46.9 Å². The van der Waals surface area contributed by atoms with Gasteiger partial charge in [-0.15, -0.1) is 16.8 Å². The Labute approximate surface area is 161 Å². The number of nitrogens with zero attached hydrogens (tertiary/aromatic N) is 4. The zero-order valence-corrected chi connectivity index (χ0v) is 16.5. The zero-order chi connectivity index (χ0) is 19.6. The molecule has 0 atom stereocenters. The van der Waals surface area contributed by atoms with E-state index in [-0.39, 0.29) is 22.8 Å². The highest BCUT2D eigenvalue weighted by Crippen LogP contribution is 2.21. The number of aromatic nitrogens is 4. The molecular formula is C19H23N5O2S. The summed E-state index contributed by atoms with van der Waals surface area (Å²) in [5, 5.41) is 12.6. The molecule has 3 rings (SSSR count). The summed E-state index contributed by atoms with van der Waals surface area (Å²) >= 11 is 1.30. The molecule has 27 heavy (non-hydrogen) atoms. The van der Waals surface area contributed by atoms with Gasteiger partial charge in [0.1, 0.15) is 0 Å². The first kappa shape index (κ1) is 19.2. The molecule has 0 saturated heterocycles. The van der Waals surface area contributed by atoms with Crippen molar-refractivity contribution in [3.8, 4) is 0 Å². The maximum absolute atomic E-state index is 12.8. The standard InChI is InChI=1S/C19H23N5O2S/c1-5-11-23-16(26)13-9-7-8-10-14(13)24-17(23)21-22-18(24)27-12-15(25)20-19(3,4)6-2/h5,7-10H,1,6,11-12H2,2-4H3,(H,20,25). The molecule has 0 aliphatic heterocycles. The Bertz CT molecular complexity index is 1070. The van der Waals surface area contributed by atoms with Crippen molar-refractivity contribution < 1.29 is 4.79 Å². The van der Waals surface area contributed by atoms with Crippen LogP contribution in [0.1, 0.15) is 27.2 Å². The third-order valence-electron chi connectivity index (χ3n) is 4.48. The van der Waals surface area contributed by atoms with Crippen LogP contribution in [0.4, 0.5) is 0 Å². The monoisotopic (exact) mass is 385 g/mol. The van der Waals surface area contributed by atoms with Crippen LogP contribution in [0, 0.1) is 0 Å². The molecule has 1 N–H and O–H groups in total. The summed E-state index contributed by atoms with van der Waals surface area (Å²) in [4.78, 5) is 25.0. The number of carbonyl (C=O) groups excluding carboxylic acids is 1. The van der Waals surface area contributed by atoms with Crippen molar-refractivity contribution in [2.24, 2.45) is 0 Å². The Kier molecular flexibility index (Phi) is 5.36. The first-order valence-corrected chi connectivity index (χ1v) is 9.78. The molecular weight excluding hydrogens is 362 g/mol. The maximum Gasteiger partial charge on any atom is 0.263 e. The van der Waals surface area contributed by atoms with Gasteiger partial charge in [-0.2, -0.15) is 0 Å². The second kappa shape index (κ2) is 7.56. The van der Waals surface area contributed by atoms with Crippen LogP contribution < -0.4 is 10.9 Å². The molecule has 7 nitrogen and oxygen atoms in total. The van der Waals surface area contributed by atoms with Gasteiger partial charge in [0.05, 0.1) is 16.7 Å². The summed E-state index contributed by atoms with van der Waals surface area (Å²) < 4.78 is 3.36. The molecule has 0 unspecified atom stereocenters. The second-order valence-corrected chi connectivity index (χ2v) is 7.86. The van der Waals surface area contributed by atoms with E-state index in [1.807, 2.05) is 43.4 Å². The quantitative estimate of drug-likeness (QED) is 0.499. The minimum absolute atomic E-state index is 0.0627.